The Morgan fingerprint density at radius 1 is 1.08 bits per heavy atom. The minimum absolute atomic E-state index is 0.194. The van der Waals surface area contributed by atoms with E-state index in [-0.39, 0.29) is 21.1 Å². The molecule has 0 bridgehead atoms. The lowest BCUT2D eigenvalue weighted by molar-refractivity contribution is 0.178. The van der Waals surface area contributed by atoms with E-state index in [0.717, 1.165) is 6.42 Å². The summed E-state index contributed by atoms with van der Waals surface area (Å²) in [6, 6.07) is 0. The Labute approximate surface area is 83.7 Å². The van der Waals surface area contributed by atoms with Crippen molar-refractivity contribution in [3.8, 4) is 0 Å². The van der Waals surface area contributed by atoms with Crippen LogP contribution in [0, 0.1) is 0 Å². The van der Waals surface area contributed by atoms with Crippen molar-refractivity contribution in [2.75, 3.05) is 13.2 Å². The van der Waals surface area contributed by atoms with E-state index in [1.807, 2.05) is 0 Å². The van der Waals surface area contributed by atoms with E-state index in [4.69, 9.17) is 9.47 Å². The standard InChI is InChI=1S/C7H8O4S2/c8-6-10-2-4(12-6)1-5-3-11-7(9)13-5/h4-5H,1-3H2. The van der Waals surface area contributed by atoms with Crippen LogP contribution in [0.25, 0.3) is 0 Å². The van der Waals surface area contributed by atoms with Crippen LogP contribution < -0.4 is 0 Å². The third-order valence-corrected chi connectivity index (χ3v) is 3.77. The summed E-state index contributed by atoms with van der Waals surface area (Å²) in [4.78, 5) is 21.5. The SMILES string of the molecule is O=C1OCC(CC2COC(=O)S2)S1. The Hall–Kier alpha value is -0.360. The number of hydrogen-bond acceptors (Lipinski definition) is 6. The molecule has 0 aromatic carbocycles. The number of rotatable bonds is 2. The molecule has 0 N–H and O–H groups in total. The molecule has 2 unspecified atom stereocenters. The van der Waals surface area contributed by atoms with Gasteiger partial charge in [0.05, 0.1) is 10.5 Å². The number of hydrogen-bond donors (Lipinski definition) is 0. The van der Waals surface area contributed by atoms with E-state index in [1.54, 1.807) is 0 Å². The van der Waals surface area contributed by atoms with E-state index < -0.39 is 0 Å². The van der Waals surface area contributed by atoms with Gasteiger partial charge in [0.25, 0.3) is 0 Å². The fourth-order valence-electron chi connectivity index (χ4n) is 1.26. The molecule has 0 aromatic rings. The van der Waals surface area contributed by atoms with Gasteiger partial charge in [0.2, 0.25) is 0 Å². The molecule has 0 aliphatic carbocycles. The summed E-state index contributed by atoms with van der Waals surface area (Å²) < 4.78 is 9.58. The van der Waals surface area contributed by atoms with Gasteiger partial charge in [-0.25, -0.2) is 9.59 Å². The van der Waals surface area contributed by atoms with Crippen LogP contribution in [0.15, 0.2) is 0 Å². The second-order valence-electron chi connectivity index (χ2n) is 2.84. The van der Waals surface area contributed by atoms with Gasteiger partial charge in [0.1, 0.15) is 13.2 Å². The molecule has 0 saturated carbocycles. The van der Waals surface area contributed by atoms with Crippen LogP contribution in [-0.4, -0.2) is 34.3 Å². The number of carbonyl (C=O) groups excluding carboxylic acids is 2. The third kappa shape index (κ3) is 2.31. The average molecular weight is 220 g/mol. The predicted octanol–water partition coefficient (Wildman–Crippen LogP) is 1.88. The molecule has 2 aliphatic rings. The van der Waals surface area contributed by atoms with E-state index in [0.29, 0.717) is 13.2 Å². The minimum atomic E-state index is -0.208. The lowest BCUT2D eigenvalue weighted by atomic mass is 10.2. The number of carbonyl (C=O) groups is 2. The van der Waals surface area contributed by atoms with E-state index >= 15 is 0 Å². The normalized spacial score (nSPS) is 33.2. The smallest absolute Gasteiger partial charge is 0.367 e. The summed E-state index contributed by atoms with van der Waals surface area (Å²) in [6.45, 7) is 0.934. The predicted molar refractivity (Wildman–Crippen MR) is 50.1 cm³/mol. The molecular weight excluding hydrogens is 212 g/mol. The van der Waals surface area contributed by atoms with Gasteiger partial charge >= 0.3 is 10.6 Å². The Morgan fingerprint density at radius 2 is 1.54 bits per heavy atom. The van der Waals surface area contributed by atoms with E-state index in [2.05, 4.69) is 0 Å². The first-order chi connectivity index (χ1) is 6.24. The maximum Gasteiger partial charge on any atom is 0.367 e. The van der Waals surface area contributed by atoms with Crippen molar-refractivity contribution in [3.05, 3.63) is 0 Å². The van der Waals surface area contributed by atoms with Gasteiger partial charge in [-0.05, 0) is 29.9 Å². The maximum atomic E-state index is 10.7. The zero-order chi connectivity index (χ0) is 9.26. The molecule has 0 radical (unpaired) electrons. The zero-order valence-electron chi connectivity index (χ0n) is 6.73. The van der Waals surface area contributed by atoms with Crippen LogP contribution >= 0.6 is 23.5 Å². The molecule has 2 fully saturated rings. The summed E-state index contributed by atoms with van der Waals surface area (Å²) in [6.07, 6.45) is 0.798. The van der Waals surface area contributed by atoms with Gasteiger partial charge < -0.3 is 9.47 Å². The monoisotopic (exact) mass is 220 g/mol. The van der Waals surface area contributed by atoms with Crippen LogP contribution in [-0.2, 0) is 9.47 Å². The van der Waals surface area contributed by atoms with Gasteiger partial charge in [-0.15, -0.1) is 0 Å². The topological polar surface area (TPSA) is 52.6 Å². The molecule has 0 amide bonds. The first-order valence-electron chi connectivity index (χ1n) is 3.91. The van der Waals surface area contributed by atoms with Crippen molar-refractivity contribution in [1.29, 1.82) is 0 Å². The molecule has 13 heavy (non-hydrogen) atoms. The van der Waals surface area contributed by atoms with Crippen molar-refractivity contribution in [2.24, 2.45) is 0 Å². The lowest BCUT2D eigenvalue weighted by Gasteiger charge is -2.07. The molecule has 2 rings (SSSR count). The van der Waals surface area contributed by atoms with Gasteiger partial charge in [0, 0.05) is 0 Å². The lowest BCUT2D eigenvalue weighted by Crippen LogP contribution is -2.13. The molecule has 72 valence electrons. The van der Waals surface area contributed by atoms with Crippen LogP contribution in [0.1, 0.15) is 6.42 Å². The molecule has 2 aliphatic heterocycles. The molecule has 0 spiro atoms. The molecule has 2 atom stereocenters. The summed E-state index contributed by atoms with van der Waals surface area (Å²) in [7, 11) is 0. The molecule has 0 aromatic heterocycles. The summed E-state index contributed by atoms with van der Waals surface area (Å²) in [5, 5.41) is -0.0283. The van der Waals surface area contributed by atoms with Crippen molar-refractivity contribution < 1.29 is 19.1 Å². The molecule has 2 saturated heterocycles. The molecule has 2 heterocycles. The van der Waals surface area contributed by atoms with Crippen molar-refractivity contribution in [2.45, 2.75) is 16.9 Å². The fraction of sp³-hybridized carbons (Fsp3) is 0.714. The Bertz CT molecular complexity index is 219. The second-order valence-corrected chi connectivity index (χ2v) is 5.31. The van der Waals surface area contributed by atoms with Gasteiger partial charge in [-0.1, -0.05) is 0 Å². The van der Waals surface area contributed by atoms with Gasteiger partial charge in [0.15, 0.2) is 0 Å². The molecule has 6 heteroatoms. The van der Waals surface area contributed by atoms with Gasteiger partial charge in [-0.3, -0.25) is 0 Å². The number of thioether (sulfide) groups is 2. The van der Waals surface area contributed by atoms with Crippen molar-refractivity contribution in [1.82, 2.24) is 0 Å². The Kier molecular flexibility index (Phi) is 2.69. The highest BCUT2D eigenvalue weighted by atomic mass is 32.2. The minimum Gasteiger partial charge on any atom is -0.456 e. The quantitative estimate of drug-likeness (QED) is 0.662. The zero-order valence-corrected chi connectivity index (χ0v) is 8.36. The van der Waals surface area contributed by atoms with E-state index in [1.165, 1.54) is 23.5 Å². The summed E-state index contributed by atoms with van der Waals surface area (Å²) in [5.41, 5.74) is 0. The fourth-order valence-corrected chi connectivity index (χ4v) is 3.12. The molecular formula is C7H8O4S2. The number of cyclic esters (lactones) is 2. The average Bonchev–Trinajstić information content (AvgIpc) is 2.62. The second kappa shape index (κ2) is 3.79. The first-order valence-corrected chi connectivity index (χ1v) is 5.67. The largest absolute Gasteiger partial charge is 0.456 e. The van der Waals surface area contributed by atoms with E-state index in [9.17, 15) is 9.59 Å². The summed E-state index contributed by atoms with van der Waals surface area (Å²) >= 11 is 2.42. The van der Waals surface area contributed by atoms with Gasteiger partial charge in [-0.2, -0.15) is 0 Å². The highest BCUT2D eigenvalue weighted by Crippen LogP contribution is 2.32. The van der Waals surface area contributed by atoms with Crippen LogP contribution in [0.2, 0.25) is 0 Å². The van der Waals surface area contributed by atoms with Crippen LogP contribution in [0.4, 0.5) is 9.59 Å². The highest BCUT2D eigenvalue weighted by Gasteiger charge is 2.32. The summed E-state index contributed by atoms with van der Waals surface area (Å²) in [5.74, 6) is 0. The Balaban J connectivity index is 1.78. The first kappa shape index (κ1) is 9.21. The van der Waals surface area contributed by atoms with Crippen LogP contribution in [0.5, 0.6) is 0 Å². The maximum absolute atomic E-state index is 10.7. The van der Waals surface area contributed by atoms with Crippen LogP contribution in [0.3, 0.4) is 0 Å². The van der Waals surface area contributed by atoms with Crippen molar-refractivity contribution >= 4 is 34.1 Å². The highest BCUT2D eigenvalue weighted by molar-refractivity contribution is 8.15. The molecule has 4 nitrogen and oxygen atoms in total. The number of ether oxygens (including phenoxy) is 2. The third-order valence-electron chi connectivity index (χ3n) is 1.83. The Morgan fingerprint density at radius 3 is 1.85 bits per heavy atom. The van der Waals surface area contributed by atoms with Crippen molar-refractivity contribution in [3.63, 3.8) is 0 Å².